The van der Waals surface area contributed by atoms with E-state index >= 15 is 0 Å². The second-order valence-electron chi connectivity index (χ2n) is 8.33. The van der Waals surface area contributed by atoms with E-state index in [0.717, 1.165) is 42.0 Å². The third-order valence-corrected chi connectivity index (χ3v) is 6.03. The van der Waals surface area contributed by atoms with Crippen LogP contribution in [0.3, 0.4) is 0 Å². The zero-order valence-corrected chi connectivity index (χ0v) is 19.0. The van der Waals surface area contributed by atoms with Gasteiger partial charge in [-0.2, -0.15) is 5.21 Å². The van der Waals surface area contributed by atoms with Crippen molar-refractivity contribution in [2.75, 3.05) is 11.6 Å². The zero-order chi connectivity index (χ0) is 22.6. The van der Waals surface area contributed by atoms with Crippen LogP contribution in [0.5, 0.6) is 0 Å². The summed E-state index contributed by atoms with van der Waals surface area (Å²) < 4.78 is 2.16. The minimum Gasteiger partial charge on any atom is -0.350 e. The summed E-state index contributed by atoms with van der Waals surface area (Å²) in [6, 6.07) is 16.5. The molecule has 8 nitrogen and oxygen atoms in total. The van der Waals surface area contributed by atoms with Gasteiger partial charge < -0.3 is 14.4 Å². The molecule has 0 aliphatic carbocycles. The van der Waals surface area contributed by atoms with Gasteiger partial charge >= 0.3 is 0 Å². The number of aryl methyl sites for hydroxylation is 1. The van der Waals surface area contributed by atoms with E-state index in [1.807, 2.05) is 24.4 Å². The molecule has 0 atom stereocenters. The molecule has 1 aliphatic rings. The smallest absolute Gasteiger partial charge is 0.205 e. The van der Waals surface area contributed by atoms with Crippen LogP contribution in [0.15, 0.2) is 72.8 Å². The number of aromatic nitrogens is 6. The SMILES string of the molecule is CCCCC1=CN(c2cccn2C)CN1Cc1ccc(-c2ccccc2-c2nn[nH]n2)cn1. The summed E-state index contributed by atoms with van der Waals surface area (Å²) in [6.45, 7) is 3.85. The molecule has 1 aromatic carbocycles. The molecule has 1 N–H and O–H groups in total. The Kier molecular flexibility index (Phi) is 5.89. The third kappa shape index (κ3) is 4.37. The number of hydrogen-bond acceptors (Lipinski definition) is 6. The first kappa shape index (κ1) is 20.9. The molecule has 0 bridgehead atoms. The van der Waals surface area contributed by atoms with E-state index in [2.05, 4.69) is 91.7 Å². The molecule has 5 rings (SSSR count). The van der Waals surface area contributed by atoms with E-state index in [9.17, 15) is 0 Å². The number of benzene rings is 1. The van der Waals surface area contributed by atoms with Crippen LogP contribution in [0.2, 0.25) is 0 Å². The molecule has 4 aromatic rings. The number of hydrogen-bond donors (Lipinski definition) is 1. The minimum absolute atomic E-state index is 0.582. The van der Waals surface area contributed by atoms with Crippen molar-refractivity contribution < 1.29 is 0 Å². The number of nitrogens with one attached hydrogen (secondary N) is 1. The third-order valence-electron chi connectivity index (χ3n) is 6.03. The maximum Gasteiger partial charge on any atom is 0.205 e. The molecular weight excluding hydrogens is 412 g/mol. The fraction of sp³-hybridized carbons (Fsp3) is 0.280. The van der Waals surface area contributed by atoms with Crippen molar-refractivity contribution in [3.05, 3.63) is 78.5 Å². The molecule has 3 aromatic heterocycles. The zero-order valence-electron chi connectivity index (χ0n) is 19.0. The Labute approximate surface area is 193 Å². The minimum atomic E-state index is 0.582. The average Bonchev–Trinajstić information content (AvgIpc) is 3.60. The Bertz CT molecular complexity index is 1220. The number of nitrogens with zero attached hydrogens (tertiary/aromatic N) is 7. The van der Waals surface area contributed by atoms with Gasteiger partial charge in [-0.25, -0.2) is 0 Å². The molecule has 0 amide bonds. The molecule has 0 unspecified atom stereocenters. The highest BCUT2D eigenvalue weighted by Gasteiger charge is 2.23. The predicted octanol–water partition coefficient (Wildman–Crippen LogP) is 4.58. The molecule has 0 radical (unpaired) electrons. The van der Waals surface area contributed by atoms with Crippen LogP contribution in [0.1, 0.15) is 31.9 Å². The summed E-state index contributed by atoms with van der Waals surface area (Å²) in [6.07, 6.45) is 9.76. The molecule has 0 saturated carbocycles. The normalized spacial score (nSPS) is 13.6. The molecule has 168 valence electrons. The lowest BCUT2D eigenvalue weighted by Gasteiger charge is -2.24. The molecule has 0 fully saturated rings. The van der Waals surface area contributed by atoms with Gasteiger partial charge in [0.15, 0.2) is 0 Å². The maximum atomic E-state index is 4.80. The summed E-state index contributed by atoms with van der Waals surface area (Å²) in [4.78, 5) is 9.55. The Morgan fingerprint density at radius 2 is 1.91 bits per heavy atom. The fourth-order valence-electron chi connectivity index (χ4n) is 4.28. The summed E-state index contributed by atoms with van der Waals surface area (Å²) in [5.74, 6) is 1.78. The van der Waals surface area contributed by atoms with Crippen molar-refractivity contribution >= 4 is 5.82 Å². The Morgan fingerprint density at radius 3 is 2.61 bits per heavy atom. The highest BCUT2D eigenvalue weighted by atomic mass is 15.5. The first-order chi connectivity index (χ1) is 16.2. The van der Waals surface area contributed by atoms with Crippen molar-refractivity contribution in [3.8, 4) is 22.5 Å². The second kappa shape index (κ2) is 9.28. The number of anilines is 1. The van der Waals surface area contributed by atoms with E-state index in [1.165, 1.54) is 24.4 Å². The number of allylic oxidation sites excluding steroid dienone is 1. The van der Waals surface area contributed by atoms with Crippen LogP contribution in [-0.2, 0) is 13.6 Å². The van der Waals surface area contributed by atoms with Gasteiger partial charge in [-0.15, -0.1) is 10.2 Å². The first-order valence-electron chi connectivity index (χ1n) is 11.3. The fourth-order valence-corrected chi connectivity index (χ4v) is 4.28. The topological polar surface area (TPSA) is 78.8 Å². The number of tetrazole rings is 1. The standard InChI is InChI=1S/C25H28N8/c1-3-4-8-21-17-33(24-11-7-14-31(24)2)18-32(21)16-20-13-12-19(15-26-20)22-9-5-6-10-23(22)25-27-29-30-28-25/h5-7,9-15,17H,3-4,8,16,18H2,1-2H3,(H,27,28,29,30). The Balaban J connectivity index is 1.35. The first-order valence-corrected chi connectivity index (χ1v) is 11.3. The van der Waals surface area contributed by atoms with E-state index in [1.54, 1.807) is 0 Å². The molecule has 4 heterocycles. The van der Waals surface area contributed by atoms with E-state index in [4.69, 9.17) is 4.98 Å². The van der Waals surface area contributed by atoms with Gasteiger partial charge in [0.2, 0.25) is 5.82 Å². The maximum absolute atomic E-state index is 4.80. The number of H-pyrrole nitrogens is 1. The highest BCUT2D eigenvalue weighted by Crippen LogP contribution is 2.30. The lowest BCUT2D eigenvalue weighted by Crippen LogP contribution is -2.27. The molecule has 33 heavy (non-hydrogen) atoms. The molecule has 0 saturated heterocycles. The highest BCUT2D eigenvalue weighted by molar-refractivity contribution is 5.79. The summed E-state index contributed by atoms with van der Waals surface area (Å²) >= 11 is 0. The number of pyridine rings is 1. The van der Waals surface area contributed by atoms with Crippen LogP contribution < -0.4 is 4.90 Å². The summed E-state index contributed by atoms with van der Waals surface area (Å²) in [5.41, 5.74) is 5.42. The van der Waals surface area contributed by atoms with Crippen LogP contribution >= 0.6 is 0 Å². The predicted molar refractivity (Wildman–Crippen MR) is 129 cm³/mol. The van der Waals surface area contributed by atoms with Gasteiger partial charge in [0.1, 0.15) is 5.82 Å². The Hall–Kier alpha value is -3.94. The van der Waals surface area contributed by atoms with E-state index in [-0.39, 0.29) is 0 Å². The van der Waals surface area contributed by atoms with Gasteiger partial charge in [-0.1, -0.05) is 43.7 Å². The summed E-state index contributed by atoms with van der Waals surface area (Å²) in [7, 11) is 2.09. The monoisotopic (exact) mass is 440 g/mol. The van der Waals surface area contributed by atoms with E-state index < -0.39 is 0 Å². The average molecular weight is 441 g/mol. The summed E-state index contributed by atoms with van der Waals surface area (Å²) in [5, 5.41) is 14.5. The Morgan fingerprint density at radius 1 is 1.03 bits per heavy atom. The van der Waals surface area contributed by atoms with Crippen molar-refractivity contribution in [3.63, 3.8) is 0 Å². The number of rotatable bonds is 8. The van der Waals surface area contributed by atoms with E-state index in [0.29, 0.717) is 5.82 Å². The lowest BCUT2D eigenvalue weighted by atomic mass is 10.0. The van der Waals surface area contributed by atoms with Crippen molar-refractivity contribution in [1.29, 1.82) is 0 Å². The van der Waals surface area contributed by atoms with Gasteiger partial charge in [-0.3, -0.25) is 4.98 Å². The van der Waals surface area contributed by atoms with Crippen molar-refractivity contribution in [1.82, 2.24) is 35.1 Å². The molecular formula is C25H28N8. The van der Waals surface area contributed by atoms with Crippen molar-refractivity contribution in [2.45, 2.75) is 32.7 Å². The van der Waals surface area contributed by atoms with Gasteiger partial charge in [0.25, 0.3) is 0 Å². The second-order valence-corrected chi connectivity index (χ2v) is 8.33. The largest absolute Gasteiger partial charge is 0.350 e. The van der Waals surface area contributed by atoms with Crippen LogP contribution in [0.4, 0.5) is 5.82 Å². The van der Waals surface area contributed by atoms with Gasteiger partial charge in [0, 0.05) is 42.5 Å². The van der Waals surface area contributed by atoms with Crippen molar-refractivity contribution in [2.24, 2.45) is 7.05 Å². The van der Waals surface area contributed by atoms with Crippen LogP contribution in [0, 0.1) is 0 Å². The van der Waals surface area contributed by atoms with Gasteiger partial charge in [-0.05, 0) is 41.8 Å². The lowest BCUT2D eigenvalue weighted by molar-refractivity contribution is 0.349. The molecule has 1 aliphatic heterocycles. The van der Waals surface area contributed by atoms with Crippen LogP contribution in [-0.4, -0.2) is 41.7 Å². The quantitative estimate of drug-likeness (QED) is 0.432. The van der Waals surface area contributed by atoms with Crippen LogP contribution in [0.25, 0.3) is 22.5 Å². The van der Waals surface area contributed by atoms with Gasteiger partial charge in [0.05, 0.1) is 18.9 Å². The molecule has 8 heteroatoms. The number of aromatic amines is 1. The number of unbranched alkanes of at least 4 members (excludes halogenated alkanes) is 1. The molecule has 0 spiro atoms.